The molecule has 0 saturated carbocycles. The van der Waals surface area contributed by atoms with Crippen LogP contribution in [0.5, 0.6) is 0 Å². The van der Waals surface area contributed by atoms with Gasteiger partial charge >= 0.3 is 0 Å². The number of rotatable bonds is 4. The minimum absolute atomic E-state index is 0.322. The molecule has 0 aromatic carbocycles. The highest BCUT2D eigenvalue weighted by molar-refractivity contribution is 7.99. The first-order chi connectivity index (χ1) is 8.67. The van der Waals surface area contributed by atoms with Crippen LogP contribution < -0.4 is 0 Å². The molecule has 7 heteroatoms. The molecule has 0 bridgehead atoms. The van der Waals surface area contributed by atoms with Crippen molar-refractivity contribution >= 4 is 23.4 Å². The Kier molecular flexibility index (Phi) is 4.46. The first-order valence-electron chi connectivity index (χ1n) is 5.17. The molecule has 0 amide bonds. The minimum Gasteiger partial charge on any atom is -0.377 e. The van der Waals surface area contributed by atoms with Gasteiger partial charge in [0.2, 0.25) is 0 Å². The molecule has 0 spiro atoms. The molecule has 0 atom stereocenters. The predicted octanol–water partition coefficient (Wildman–Crippen LogP) is 2.53. The summed E-state index contributed by atoms with van der Waals surface area (Å²) in [5, 5.41) is 1.72. The summed E-state index contributed by atoms with van der Waals surface area (Å²) in [4.78, 5) is 16.8. The van der Waals surface area contributed by atoms with Crippen molar-refractivity contribution in [3.05, 3.63) is 35.0 Å². The van der Waals surface area contributed by atoms with Crippen molar-refractivity contribution < 1.29 is 4.74 Å². The molecule has 0 aliphatic rings. The van der Waals surface area contributed by atoms with E-state index in [0.717, 1.165) is 5.69 Å². The summed E-state index contributed by atoms with van der Waals surface area (Å²) in [6.45, 7) is 2.23. The predicted molar refractivity (Wildman–Crippen MR) is 68.6 cm³/mol. The van der Waals surface area contributed by atoms with Crippen LogP contribution >= 0.6 is 23.4 Å². The van der Waals surface area contributed by atoms with Crippen LogP contribution in [0.1, 0.15) is 11.5 Å². The fourth-order valence-electron chi connectivity index (χ4n) is 1.26. The maximum Gasteiger partial charge on any atom is 0.194 e. The highest BCUT2D eigenvalue weighted by Crippen LogP contribution is 2.24. The lowest BCUT2D eigenvalue weighted by Crippen LogP contribution is -1.98. The third-order valence-corrected chi connectivity index (χ3v) is 2.95. The Bertz CT molecular complexity index is 552. The summed E-state index contributed by atoms with van der Waals surface area (Å²) >= 11 is 7.27. The zero-order valence-electron chi connectivity index (χ0n) is 9.92. The Hall–Kier alpha value is -1.24. The fourth-order valence-corrected chi connectivity index (χ4v) is 2.33. The maximum absolute atomic E-state index is 5.92. The van der Waals surface area contributed by atoms with Crippen LogP contribution in [0, 0.1) is 6.92 Å². The number of hydrogen-bond acceptors (Lipinski definition) is 6. The summed E-state index contributed by atoms with van der Waals surface area (Å²) < 4.78 is 4.98. The van der Waals surface area contributed by atoms with Crippen LogP contribution in [-0.4, -0.2) is 27.0 Å². The number of halogens is 1. The van der Waals surface area contributed by atoms with Crippen molar-refractivity contribution in [1.29, 1.82) is 0 Å². The van der Waals surface area contributed by atoms with Crippen molar-refractivity contribution in [1.82, 2.24) is 19.9 Å². The van der Waals surface area contributed by atoms with E-state index in [2.05, 4.69) is 19.9 Å². The molecular weight excluding hydrogens is 272 g/mol. The van der Waals surface area contributed by atoms with Crippen molar-refractivity contribution in [3.63, 3.8) is 0 Å². The van der Waals surface area contributed by atoms with Crippen LogP contribution in [0.4, 0.5) is 0 Å². The molecule has 0 N–H and O–H groups in total. The number of ether oxygens (including phenoxy) is 1. The monoisotopic (exact) mass is 282 g/mol. The van der Waals surface area contributed by atoms with Crippen LogP contribution in [0.15, 0.2) is 28.5 Å². The molecular formula is C11H11ClN4OS. The zero-order chi connectivity index (χ0) is 13.0. The first-order valence-corrected chi connectivity index (χ1v) is 6.36. The summed E-state index contributed by atoms with van der Waals surface area (Å²) in [6.07, 6.45) is 1.71. The number of aryl methyl sites for hydroxylation is 1. The summed E-state index contributed by atoms with van der Waals surface area (Å²) in [6, 6.07) is 3.52. The van der Waals surface area contributed by atoms with Gasteiger partial charge in [0, 0.05) is 25.1 Å². The number of nitrogens with zero attached hydrogens (tertiary/aromatic N) is 4. The second-order valence-electron chi connectivity index (χ2n) is 3.46. The van der Waals surface area contributed by atoms with Crippen molar-refractivity contribution in [2.75, 3.05) is 7.11 Å². The van der Waals surface area contributed by atoms with E-state index in [0.29, 0.717) is 27.8 Å². The lowest BCUT2D eigenvalue weighted by molar-refractivity contribution is 0.177. The lowest BCUT2D eigenvalue weighted by Gasteiger charge is -2.03. The quantitative estimate of drug-likeness (QED) is 0.634. The van der Waals surface area contributed by atoms with E-state index in [4.69, 9.17) is 16.3 Å². The smallest absolute Gasteiger partial charge is 0.194 e. The Morgan fingerprint density at radius 2 is 2.17 bits per heavy atom. The van der Waals surface area contributed by atoms with Gasteiger partial charge in [-0.2, -0.15) is 0 Å². The second-order valence-corrected chi connectivity index (χ2v) is 4.84. The van der Waals surface area contributed by atoms with Gasteiger partial charge in [-0.05, 0) is 24.8 Å². The average Bonchev–Trinajstić information content (AvgIpc) is 2.28. The third-order valence-electron chi connectivity index (χ3n) is 1.96. The highest BCUT2D eigenvalue weighted by Gasteiger charge is 2.07. The van der Waals surface area contributed by atoms with Gasteiger partial charge in [-0.3, -0.25) is 0 Å². The largest absolute Gasteiger partial charge is 0.377 e. The summed E-state index contributed by atoms with van der Waals surface area (Å²) in [5.41, 5.74) is 0.907. The standard InChI is InChI=1S/C11H11ClN4OS/c1-7-3-4-13-11(14-7)18-10-5-8(12)15-9(16-10)6-17-2/h3-5H,6H2,1-2H3. The Morgan fingerprint density at radius 1 is 1.33 bits per heavy atom. The van der Waals surface area contributed by atoms with Gasteiger partial charge in [0.25, 0.3) is 0 Å². The zero-order valence-corrected chi connectivity index (χ0v) is 11.5. The van der Waals surface area contributed by atoms with Gasteiger partial charge in [0.05, 0.1) is 0 Å². The Balaban J connectivity index is 2.23. The highest BCUT2D eigenvalue weighted by atomic mass is 35.5. The van der Waals surface area contributed by atoms with E-state index >= 15 is 0 Å². The molecule has 0 radical (unpaired) electrons. The SMILES string of the molecule is COCc1nc(Cl)cc(Sc2nccc(C)n2)n1. The van der Waals surface area contributed by atoms with Crippen molar-refractivity contribution in [3.8, 4) is 0 Å². The van der Waals surface area contributed by atoms with E-state index in [-0.39, 0.29) is 0 Å². The summed E-state index contributed by atoms with van der Waals surface area (Å²) in [5.74, 6) is 0.542. The molecule has 0 fully saturated rings. The maximum atomic E-state index is 5.92. The second kappa shape index (κ2) is 6.08. The Labute approximate surface area is 114 Å². The van der Waals surface area contributed by atoms with Gasteiger partial charge in [-0.15, -0.1) is 0 Å². The average molecular weight is 283 g/mol. The topological polar surface area (TPSA) is 60.8 Å². The first kappa shape index (κ1) is 13.2. The van der Waals surface area contributed by atoms with E-state index in [1.54, 1.807) is 19.4 Å². The third kappa shape index (κ3) is 3.63. The molecule has 0 aliphatic heterocycles. The molecule has 2 aromatic rings. The normalized spacial score (nSPS) is 10.6. The van der Waals surface area contributed by atoms with E-state index in [9.17, 15) is 0 Å². The molecule has 0 saturated heterocycles. The van der Waals surface area contributed by atoms with Crippen LogP contribution in [0.3, 0.4) is 0 Å². The molecule has 2 heterocycles. The van der Waals surface area contributed by atoms with Crippen molar-refractivity contribution in [2.24, 2.45) is 0 Å². The van der Waals surface area contributed by atoms with Crippen LogP contribution in [0.2, 0.25) is 5.15 Å². The molecule has 0 unspecified atom stereocenters. The van der Waals surface area contributed by atoms with Gasteiger partial charge in [0.15, 0.2) is 11.0 Å². The molecule has 94 valence electrons. The molecule has 2 aromatic heterocycles. The van der Waals surface area contributed by atoms with E-state index in [1.807, 2.05) is 13.0 Å². The van der Waals surface area contributed by atoms with E-state index < -0.39 is 0 Å². The summed E-state index contributed by atoms with van der Waals surface area (Å²) in [7, 11) is 1.58. The molecule has 18 heavy (non-hydrogen) atoms. The van der Waals surface area contributed by atoms with E-state index in [1.165, 1.54) is 11.8 Å². The Morgan fingerprint density at radius 3 is 2.89 bits per heavy atom. The number of aromatic nitrogens is 4. The molecule has 2 rings (SSSR count). The van der Waals surface area contributed by atoms with Crippen LogP contribution in [0.25, 0.3) is 0 Å². The van der Waals surface area contributed by atoms with Gasteiger partial charge in [-0.25, -0.2) is 19.9 Å². The molecule has 5 nitrogen and oxygen atoms in total. The minimum atomic E-state index is 0.322. The van der Waals surface area contributed by atoms with Gasteiger partial charge < -0.3 is 4.74 Å². The molecule has 0 aliphatic carbocycles. The lowest BCUT2D eigenvalue weighted by atomic mass is 10.5. The van der Waals surface area contributed by atoms with Crippen molar-refractivity contribution in [2.45, 2.75) is 23.7 Å². The number of hydrogen-bond donors (Lipinski definition) is 0. The van der Waals surface area contributed by atoms with Gasteiger partial charge in [-0.1, -0.05) is 11.6 Å². The number of methoxy groups -OCH3 is 1. The van der Waals surface area contributed by atoms with Gasteiger partial charge in [0.1, 0.15) is 16.8 Å². The fraction of sp³-hybridized carbons (Fsp3) is 0.273. The van der Waals surface area contributed by atoms with Crippen LogP contribution in [-0.2, 0) is 11.3 Å².